The molecule has 0 saturated carbocycles. The van der Waals surface area contributed by atoms with Crippen LogP contribution in [0.1, 0.15) is 44.2 Å². The number of rotatable bonds is 8. The van der Waals surface area contributed by atoms with Crippen LogP contribution in [-0.2, 0) is 24.3 Å². The van der Waals surface area contributed by atoms with Crippen LogP contribution >= 0.6 is 11.6 Å². The maximum atomic E-state index is 12.8. The topological polar surface area (TPSA) is 37.3 Å². The third-order valence-electron chi connectivity index (χ3n) is 6.72. The molecule has 0 radical (unpaired) electrons. The Kier molecular flexibility index (Phi) is 7.54. The number of aryl methyl sites for hydroxylation is 2. The molecule has 32 heavy (non-hydrogen) atoms. The Balaban J connectivity index is 1.27. The lowest BCUT2D eigenvalue weighted by Crippen LogP contribution is -2.43. The van der Waals surface area contributed by atoms with Gasteiger partial charge in [0.05, 0.1) is 0 Å². The predicted molar refractivity (Wildman–Crippen MR) is 133 cm³/mol. The Morgan fingerprint density at radius 2 is 1.91 bits per heavy atom. The van der Waals surface area contributed by atoms with E-state index in [2.05, 4.69) is 71.2 Å². The van der Waals surface area contributed by atoms with Crippen molar-refractivity contribution in [1.82, 2.24) is 14.8 Å². The number of carbonyl (C=O) groups excluding carboxylic acids is 1. The number of hydrogen-bond acceptors (Lipinski definition) is 2. The number of nitrogens with zero attached hydrogens (tertiary/aromatic N) is 2. The minimum absolute atomic E-state index is 0.122. The standard InChI is InChI=1S/C27H34ClN3O/c1-3-31-19-23(25-17-24(28)11-12-26(25)31)18-30-15-13-22(14-16-30)27(32)29-20(2)9-10-21-7-5-4-6-8-21/h4-8,11-12,17,19-20,22H,3,9-10,13-16,18H2,1-2H3,(H,29,32)/t20-/m1/s1. The number of piperidine rings is 1. The molecule has 4 rings (SSSR count). The van der Waals surface area contributed by atoms with Crippen LogP contribution in [0.2, 0.25) is 5.02 Å². The molecule has 0 bridgehead atoms. The summed E-state index contributed by atoms with van der Waals surface area (Å²) in [6.07, 6.45) is 6.07. The molecule has 170 valence electrons. The highest BCUT2D eigenvalue weighted by molar-refractivity contribution is 6.31. The summed E-state index contributed by atoms with van der Waals surface area (Å²) in [5, 5.41) is 5.27. The molecule has 1 fully saturated rings. The van der Waals surface area contributed by atoms with Crippen molar-refractivity contribution in [2.45, 2.75) is 58.7 Å². The molecule has 1 aliphatic rings. The van der Waals surface area contributed by atoms with E-state index in [0.717, 1.165) is 56.9 Å². The highest BCUT2D eigenvalue weighted by Crippen LogP contribution is 2.28. The van der Waals surface area contributed by atoms with Gasteiger partial charge < -0.3 is 9.88 Å². The average Bonchev–Trinajstić information content (AvgIpc) is 3.15. The van der Waals surface area contributed by atoms with Crippen LogP contribution in [-0.4, -0.2) is 34.5 Å². The van der Waals surface area contributed by atoms with Gasteiger partial charge >= 0.3 is 0 Å². The highest BCUT2D eigenvalue weighted by Gasteiger charge is 2.26. The first-order valence-electron chi connectivity index (χ1n) is 11.9. The second-order valence-electron chi connectivity index (χ2n) is 9.09. The summed E-state index contributed by atoms with van der Waals surface area (Å²) in [6, 6.07) is 16.8. The number of carbonyl (C=O) groups is 1. The Bertz CT molecular complexity index is 1040. The fourth-order valence-electron chi connectivity index (χ4n) is 4.79. The SMILES string of the molecule is CCn1cc(CN2CCC(C(=O)N[C@H](C)CCc3ccccc3)CC2)c2cc(Cl)ccc21. The molecule has 1 amide bonds. The molecule has 1 atom stereocenters. The number of aromatic nitrogens is 1. The molecular formula is C27H34ClN3O. The monoisotopic (exact) mass is 451 g/mol. The van der Waals surface area contributed by atoms with Gasteiger partial charge in [-0.15, -0.1) is 0 Å². The first-order chi connectivity index (χ1) is 15.5. The molecule has 5 heteroatoms. The van der Waals surface area contributed by atoms with Crippen molar-refractivity contribution in [2.75, 3.05) is 13.1 Å². The van der Waals surface area contributed by atoms with Gasteiger partial charge in [0.2, 0.25) is 5.91 Å². The second-order valence-corrected chi connectivity index (χ2v) is 9.52. The number of benzene rings is 2. The van der Waals surface area contributed by atoms with Gasteiger partial charge in [-0.05, 0) is 81.9 Å². The average molecular weight is 452 g/mol. The number of likely N-dealkylation sites (tertiary alicyclic amines) is 1. The van der Waals surface area contributed by atoms with Crippen molar-refractivity contribution in [3.63, 3.8) is 0 Å². The molecule has 2 heterocycles. The zero-order chi connectivity index (χ0) is 22.5. The van der Waals surface area contributed by atoms with E-state index in [9.17, 15) is 4.79 Å². The summed E-state index contributed by atoms with van der Waals surface area (Å²) in [4.78, 5) is 15.3. The summed E-state index contributed by atoms with van der Waals surface area (Å²) in [7, 11) is 0. The van der Waals surface area contributed by atoms with Crippen molar-refractivity contribution < 1.29 is 4.79 Å². The first kappa shape index (κ1) is 22.9. The zero-order valence-corrected chi connectivity index (χ0v) is 19.9. The third-order valence-corrected chi connectivity index (χ3v) is 6.95. The lowest BCUT2D eigenvalue weighted by atomic mass is 9.95. The summed E-state index contributed by atoms with van der Waals surface area (Å²) in [5.41, 5.74) is 3.89. The van der Waals surface area contributed by atoms with Crippen LogP contribution in [0, 0.1) is 5.92 Å². The highest BCUT2D eigenvalue weighted by atomic mass is 35.5. The Hall–Kier alpha value is -2.30. The van der Waals surface area contributed by atoms with E-state index in [-0.39, 0.29) is 17.9 Å². The molecule has 1 N–H and O–H groups in total. The van der Waals surface area contributed by atoms with Crippen LogP contribution in [0.5, 0.6) is 0 Å². The maximum absolute atomic E-state index is 12.8. The lowest BCUT2D eigenvalue weighted by molar-refractivity contribution is -0.127. The smallest absolute Gasteiger partial charge is 0.223 e. The predicted octanol–water partition coefficient (Wildman–Crippen LogP) is 5.66. The van der Waals surface area contributed by atoms with Crippen LogP contribution in [0.4, 0.5) is 0 Å². The Labute approximate surface area is 196 Å². The molecule has 0 aliphatic carbocycles. The summed E-state index contributed by atoms with van der Waals surface area (Å²) in [6.45, 7) is 8.05. The fourth-order valence-corrected chi connectivity index (χ4v) is 4.96. The summed E-state index contributed by atoms with van der Waals surface area (Å²) in [5.74, 6) is 0.344. The van der Waals surface area contributed by atoms with Gasteiger partial charge in [-0.3, -0.25) is 9.69 Å². The first-order valence-corrected chi connectivity index (χ1v) is 12.2. The van der Waals surface area contributed by atoms with E-state index in [0.29, 0.717) is 0 Å². The largest absolute Gasteiger partial charge is 0.353 e. The second kappa shape index (κ2) is 10.5. The quantitative estimate of drug-likeness (QED) is 0.479. The van der Waals surface area contributed by atoms with E-state index in [1.165, 1.54) is 22.0 Å². The zero-order valence-electron chi connectivity index (χ0n) is 19.2. The van der Waals surface area contributed by atoms with Crippen LogP contribution < -0.4 is 5.32 Å². The summed E-state index contributed by atoms with van der Waals surface area (Å²) >= 11 is 6.27. The van der Waals surface area contributed by atoms with Crippen molar-refractivity contribution in [3.8, 4) is 0 Å². The molecule has 1 aliphatic heterocycles. The van der Waals surface area contributed by atoms with E-state index in [4.69, 9.17) is 11.6 Å². The minimum atomic E-state index is 0.122. The molecule has 1 aromatic heterocycles. The van der Waals surface area contributed by atoms with Gasteiger partial charge in [0.15, 0.2) is 0 Å². The van der Waals surface area contributed by atoms with Crippen LogP contribution in [0.3, 0.4) is 0 Å². The lowest BCUT2D eigenvalue weighted by Gasteiger charge is -2.31. The molecule has 0 unspecified atom stereocenters. The van der Waals surface area contributed by atoms with E-state index >= 15 is 0 Å². The molecule has 3 aromatic rings. The number of fused-ring (bicyclic) bond motifs is 1. The number of halogens is 1. The molecule has 0 spiro atoms. The van der Waals surface area contributed by atoms with Crippen LogP contribution in [0.25, 0.3) is 10.9 Å². The molecule has 2 aromatic carbocycles. The Morgan fingerprint density at radius 1 is 1.16 bits per heavy atom. The van der Waals surface area contributed by atoms with Gasteiger partial charge in [0, 0.05) is 47.2 Å². The van der Waals surface area contributed by atoms with Gasteiger partial charge in [-0.1, -0.05) is 41.9 Å². The number of hydrogen-bond donors (Lipinski definition) is 1. The van der Waals surface area contributed by atoms with E-state index < -0.39 is 0 Å². The van der Waals surface area contributed by atoms with E-state index in [1.807, 2.05) is 12.1 Å². The third kappa shape index (κ3) is 5.54. The van der Waals surface area contributed by atoms with Gasteiger partial charge in [-0.2, -0.15) is 0 Å². The molecule has 4 nitrogen and oxygen atoms in total. The van der Waals surface area contributed by atoms with Crippen LogP contribution in [0.15, 0.2) is 54.7 Å². The maximum Gasteiger partial charge on any atom is 0.223 e. The molecule has 1 saturated heterocycles. The summed E-state index contributed by atoms with van der Waals surface area (Å²) < 4.78 is 2.29. The van der Waals surface area contributed by atoms with E-state index in [1.54, 1.807) is 0 Å². The van der Waals surface area contributed by atoms with Gasteiger partial charge in [-0.25, -0.2) is 0 Å². The number of amides is 1. The number of nitrogens with one attached hydrogen (secondary N) is 1. The fraction of sp³-hybridized carbons (Fsp3) is 0.444. The molecular weight excluding hydrogens is 418 g/mol. The van der Waals surface area contributed by atoms with Gasteiger partial charge in [0.25, 0.3) is 0 Å². The van der Waals surface area contributed by atoms with Gasteiger partial charge in [0.1, 0.15) is 0 Å². The van der Waals surface area contributed by atoms with Crippen molar-refractivity contribution in [2.24, 2.45) is 5.92 Å². The normalized spacial score (nSPS) is 16.3. The van der Waals surface area contributed by atoms with Crippen molar-refractivity contribution in [3.05, 3.63) is 70.9 Å². The van der Waals surface area contributed by atoms with Crippen molar-refractivity contribution >= 4 is 28.4 Å². The Morgan fingerprint density at radius 3 is 2.62 bits per heavy atom. The minimum Gasteiger partial charge on any atom is -0.353 e. The van der Waals surface area contributed by atoms with Crippen molar-refractivity contribution in [1.29, 1.82) is 0 Å².